The number of alkyl halides is 3. The van der Waals surface area contributed by atoms with E-state index in [1.165, 1.54) is 0 Å². The minimum absolute atomic E-state index is 0.00248. The van der Waals surface area contributed by atoms with Crippen LogP contribution in [-0.2, 0) is 20.8 Å². The molecular formula is C12H12F3N3O5S. The Morgan fingerprint density at radius 3 is 2.42 bits per heavy atom. The summed E-state index contributed by atoms with van der Waals surface area (Å²) in [5.74, 6) is -2.83. The third-order valence-corrected chi connectivity index (χ3v) is 5.27. The lowest BCUT2D eigenvalue weighted by atomic mass is 10.0. The number of carbonyl (C=O) groups excluding carboxylic acids is 1. The lowest BCUT2D eigenvalue weighted by Gasteiger charge is -2.21. The van der Waals surface area contributed by atoms with Crippen molar-refractivity contribution in [2.75, 3.05) is 16.8 Å². The number of sulfone groups is 1. The molecule has 8 nitrogen and oxygen atoms in total. The number of amides is 1. The molecule has 0 saturated carbocycles. The summed E-state index contributed by atoms with van der Waals surface area (Å²) in [6.07, 6.45) is -4.33. The zero-order valence-corrected chi connectivity index (χ0v) is 12.9. The quantitative estimate of drug-likeness (QED) is 0.642. The van der Waals surface area contributed by atoms with Crippen LogP contribution in [0.1, 0.15) is 18.4 Å². The Kier molecular flexibility index (Phi) is 4.78. The van der Waals surface area contributed by atoms with Crippen molar-refractivity contribution in [2.24, 2.45) is 5.92 Å². The predicted molar refractivity (Wildman–Crippen MR) is 75.9 cm³/mol. The van der Waals surface area contributed by atoms with Crippen molar-refractivity contribution < 1.29 is 31.3 Å². The van der Waals surface area contributed by atoms with E-state index >= 15 is 0 Å². The zero-order valence-electron chi connectivity index (χ0n) is 12.0. The molecule has 1 fully saturated rings. The van der Waals surface area contributed by atoms with Gasteiger partial charge in [-0.1, -0.05) is 0 Å². The van der Waals surface area contributed by atoms with Gasteiger partial charge in [0, 0.05) is 12.0 Å². The van der Waals surface area contributed by atoms with Crippen molar-refractivity contribution in [1.82, 2.24) is 4.98 Å². The Morgan fingerprint density at radius 2 is 1.92 bits per heavy atom. The normalized spacial score (nSPS) is 18.1. The molecule has 1 saturated heterocycles. The molecule has 1 amide bonds. The molecule has 2 rings (SSSR count). The van der Waals surface area contributed by atoms with Crippen molar-refractivity contribution in [3.63, 3.8) is 0 Å². The molecule has 0 radical (unpaired) electrons. The first-order chi connectivity index (χ1) is 11.0. The largest absolute Gasteiger partial charge is 0.420 e. The summed E-state index contributed by atoms with van der Waals surface area (Å²) in [6, 6.07) is 0.286. The van der Waals surface area contributed by atoms with Crippen molar-refractivity contribution in [2.45, 2.75) is 19.0 Å². The van der Waals surface area contributed by atoms with E-state index in [0.717, 1.165) is 0 Å². The van der Waals surface area contributed by atoms with E-state index in [1.807, 2.05) is 5.32 Å². The molecule has 0 aliphatic carbocycles. The molecule has 24 heavy (non-hydrogen) atoms. The number of aromatic nitrogens is 1. The van der Waals surface area contributed by atoms with Crippen LogP contribution in [-0.4, -0.2) is 35.7 Å². The predicted octanol–water partition coefficient (Wildman–Crippen LogP) is 1.77. The smallest absolute Gasteiger partial charge is 0.310 e. The van der Waals surface area contributed by atoms with E-state index < -0.39 is 49.8 Å². The van der Waals surface area contributed by atoms with Gasteiger partial charge in [0.1, 0.15) is 27.4 Å². The lowest BCUT2D eigenvalue weighted by Crippen LogP contribution is -2.32. The molecule has 0 bridgehead atoms. The monoisotopic (exact) mass is 367 g/mol. The van der Waals surface area contributed by atoms with Gasteiger partial charge in [0.2, 0.25) is 5.91 Å². The third-order valence-electron chi connectivity index (χ3n) is 3.56. The summed E-state index contributed by atoms with van der Waals surface area (Å²) in [6.45, 7) is 0. The number of rotatable bonds is 3. The van der Waals surface area contributed by atoms with Gasteiger partial charge in [-0.05, 0) is 12.8 Å². The van der Waals surface area contributed by atoms with Crippen LogP contribution >= 0.6 is 0 Å². The van der Waals surface area contributed by atoms with Crippen LogP contribution in [0.4, 0.5) is 24.7 Å². The van der Waals surface area contributed by atoms with Crippen LogP contribution in [0.3, 0.4) is 0 Å². The average Bonchev–Trinajstić information content (AvgIpc) is 2.46. The highest BCUT2D eigenvalue weighted by Gasteiger charge is 2.37. The Labute approximate surface area is 134 Å². The second-order valence-electron chi connectivity index (χ2n) is 5.26. The summed E-state index contributed by atoms with van der Waals surface area (Å²) < 4.78 is 61.6. The number of hydrogen-bond donors (Lipinski definition) is 1. The highest BCUT2D eigenvalue weighted by Crippen LogP contribution is 2.36. The maximum absolute atomic E-state index is 13.0. The fourth-order valence-corrected chi connectivity index (χ4v) is 3.73. The van der Waals surface area contributed by atoms with Crippen molar-refractivity contribution in [3.05, 3.63) is 27.9 Å². The van der Waals surface area contributed by atoms with Crippen molar-refractivity contribution >= 4 is 27.2 Å². The maximum atomic E-state index is 13.0. The summed E-state index contributed by atoms with van der Waals surface area (Å²) in [4.78, 5) is 24.9. The molecule has 1 aliphatic rings. The summed E-state index contributed by atoms with van der Waals surface area (Å²) >= 11 is 0. The van der Waals surface area contributed by atoms with Gasteiger partial charge in [0.25, 0.3) is 5.69 Å². The third kappa shape index (κ3) is 4.19. The molecule has 0 aromatic carbocycles. The van der Waals surface area contributed by atoms with Gasteiger partial charge in [0.15, 0.2) is 0 Å². The molecule has 0 unspecified atom stereocenters. The van der Waals surface area contributed by atoms with Crippen LogP contribution in [0.2, 0.25) is 0 Å². The fourth-order valence-electron chi connectivity index (χ4n) is 2.24. The van der Waals surface area contributed by atoms with Crippen LogP contribution < -0.4 is 5.32 Å². The molecule has 1 N–H and O–H groups in total. The van der Waals surface area contributed by atoms with E-state index in [4.69, 9.17) is 0 Å². The Morgan fingerprint density at radius 1 is 1.33 bits per heavy atom. The lowest BCUT2D eigenvalue weighted by molar-refractivity contribution is -0.385. The average molecular weight is 367 g/mol. The first kappa shape index (κ1) is 18.1. The highest BCUT2D eigenvalue weighted by molar-refractivity contribution is 7.91. The van der Waals surface area contributed by atoms with Gasteiger partial charge >= 0.3 is 6.18 Å². The number of nitro groups is 1. The molecule has 2 heterocycles. The highest BCUT2D eigenvalue weighted by atomic mass is 32.2. The molecular weight excluding hydrogens is 355 g/mol. The number of anilines is 1. The maximum Gasteiger partial charge on any atom is 0.420 e. The van der Waals surface area contributed by atoms with Gasteiger partial charge in [-0.2, -0.15) is 13.2 Å². The number of halogens is 3. The minimum Gasteiger partial charge on any atom is -0.310 e. The molecule has 1 aromatic heterocycles. The number of pyridine rings is 1. The summed E-state index contributed by atoms with van der Waals surface area (Å²) in [5, 5.41) is 12.6. The SMILES string of the molecule is O=C(Nc1ncc([N+](=O)[O-])cc1C(F)(F)F)C1CCS(=O)(=O)CC1. The van der Waals surface area contributed by atoms with E-state index in [2.05, 4.69) is 4.98 Å². The Bertz CT molecular complexity index is 765. The summed E-state index contributed by atoms with van der Waals surface area (Å²) in [5.41, 5.74) is -2.29. The molecule has 1 aliphatic heterocycles. The molecule has 0 atom stereocenters. The number of nitrogens with zero attached hydrogens (tertiary/aromatic N) is 2. The van der Waals surface area contributed by atoms with E-state index in [9.17, 15) is 36.5 Å². The molecule has 1 aromatic rings. The van der Waals surface area contributed by atoms with Gasteiger partial charge in [-0.15, -0.1) is 0 Å². The number of nitrogens with one attached hydrogen (secondary N) is 1. The van der Waals surface area contributed by atoms with Crippen molar-refractivity contribution in [1.29, 1.82) is 0 Å². The van der Waals surface area contributed by atoms with Gasteiger partial charge in [-0.3, -0.25) is 14.9 Å². The Balaban J connectivity index is 2.23. The zero-order chi connectivity index (χ0) is 18.1. The van der Waals surface area contributed by atoms with Crippen molar-refractivity contribution in [3.8, 4) is 0 Å². The fraction of sp³-hybridized carbons (Fsp3) is 0.500. The van der Waals surface area contributed by atoms with Crippen LogP contribution in [0.5, 0.6) is 0 Å². The topological polar surface area (TPSA) is 119 Å². The van der Waals surface area contributed by atoms with Crippen LogP contribution in [0.15, 0.2) is 12.3 Å². The standard InChI is InChI=1S/C12H12F3N3O5S/c13-12(14,15)9-5-8(18(20)21)6-16-10(9)17-11(19)7-1-3-24(22,23)4-2-7/h5-7H,1-4H2,(H,16,17,19). The minimum atomic E-state index is -4.95. The number of carbonyl (C=O) groups is 1. The second-order valence-corrected chi connectivity index (χ2v) is 7.56. The van der Waals surface area contributed by atoms with E-state index in [0.29, 0.717) is 6.20 Å². The van der Waals surface area contributed by atoms with E-state index in [-0.39, 0.29) is 30.4 Å². The Hall–Kier alpha value is -2.24. The van der Waals surface area contributed by atoms with E-state index in [1.54, 1.807) is 0 Å². The van der Waals surface area contributed by atoms with Crippen LogP contribution in [0.25, 0.3) is 0 Å². The van der Waals surface area contributed by atoms with Crippen LogP contribution in [0, 0.1) is 16.0 Å². The second kappa shape index (κ2) is 6.34. The molecule has 12 heteroatoms. The molecule has 132 valence electrons. The summed E-state index contributed by atoms with van der Waals surface area (Å²) in [7, 11) is -3.22. The molecule has 0 spiro atoms. The first-order valence-corrected chi connectivity index (χ1v) is 8.54. The first-order valence-electron chi connectivity index (χ1n) is 6.72. The van der Waals surface area contributed by atoms with Gasteiger partial charge in [0.05, 0.1) is 16.4 Å². The van der Waals surface area contributed by atoms with Gasteiger partial charge in [-0.25, -0.2) is 13.4 Å². The number of hydrogen-bond acceptors (Lipinski definition) is 6. The van der Waals surface area contributed by atoms with Gasteiger partial charge < -0.3 is 5.32 Å².